The molecule has 0 aliphatic heterocycles. The van der Waals surface area contributed by atoms with Gasteiger partial charge in [-0.1, -0.05) is 31.4 Å². The van der Waals surface area contributed by atoms with E-state index in [0.717, 1.165) is 32.1 Å². The number of halogens is 1. The number of nitrogens with one attached hydrogen (secondary N) is 1. The van der Waals surface area contributed by atoms with E-state index in [-0.39, 0.29) is 12.5 Å². The minimum atomic E-state index is -0.472. The lowest BCUT2D eigenvalue weighted by Crippen LogP contribution is -2.54. The summed E-state index contributed by atoms with van der Waals surface area (Å²) in [5, 5.41) is 13.5. The Morgan fingerprint density at radius 1 is 1.52 bits per heavy atom. The summed E-state index contributed by atoms with van der Waals surface area (Å²) in [6, 6.07) is 2.14. The molecule has 2 saturated carbocycles. The Morgan fingerprint density at radius 2 is 2.29 bits per heavy atom. The van der Waals surface area contributed by atoms with Crippen LogP contribution in [0.15, 0.2) is 12.3 Å². The van der Waals surface area contributed by atoms with Gasteiger partial charge in [0.15, 0.2) is 0 Å². The first kappa shape index (κ1) is 14.9. The van der Waals surface area contributed by atoms with E-state index in [1.165, 1.54) is 6.42 Å². The molecular weight excluding hydrogens is 288 g/mol. The summed E-state index contributed by atoms with van der Waals surface area (Å²) >= 11 is 6.07. The number of hydrogen-bond donors (Lipinski definition) is 2. The van der Waals surface area contributed by atoms with Gasteiger partial charge in [0.25, 0.3) is 5.91 Å². The Hall–Kier alpha value is -1.00. The number of carbonyl (C=O) groups is 1. The fourth-order valence-corrected chi connectivity index (χ4v) is 3.75. The molecule has 0 spiro atoms. The molecule has 0 radical (unpaired) electrons. The Kier molecular flexibility index (Phi) is 4.02. The van der Waals surface area contributed by atoms with Gasteiger partial charge in [-0.3, -0.25) is 4.79 Å². The number of carbonyl (C=O) groups excluding carboxylic acids is 1. The number of rotatable bonds is 4. The summed E-state index contributed by atoms with van der Waals surface area (Å²) in [4.78, 5) is 12.6. The average molecular weight is 311 g/mol. The zero-order valence-corrected chi connectivity index (χ0v) is 13.2. The highest BCUT2D eigenvalue weighted by atomic mass is 35.5. The molecule has 1 aromatic rings. The van der Waals surface area contributed by atoms with E-state index in [1.54, 1.807) is 6.07 Å². The maximum absolute atomic E-state index is 12.6. The van der Waals surface area contributed by atoms with Gasteiger partial charge in [0, 0.05) is 12.2 Å². The number of aliphatic hydroxyl groups is 1. The summed E-state index contributed by atoms with van der Waals surface area (Å²) in [6.07, 6.45) is 7.95. The second-order valence-corrected chi connectivity index (χ2v) is 7.21. The molecule has 0 saturated heterocycles. The van der Waals surface area contributed by atoms with Crippen LogP contribution in [0.4, 0.5) is 0 Å². The molecule has 21 heavy (non-hydrogen) atoms. The Labute approximate surface area is 130 Å². The SMILES string of the molecule is CC1CCCC(CO)(NC(=O)c2cc(Cl)cn2C2CC2)C1. The monoisotopic (exact) mass is 310 g/mol. The average Bonchev–Trinajstić information content (AvgIpc) is 3.21. The van der Waals surface area contributed by atoms with Crippen LogP contribution in [-0.4, -0.2) is 27.7 Å². The highest BCUT2D eigenvalue weighted by Crippen LogP contribution is 2.38. The number of aliphatic hydroxyl groups excluding tert-OH is 1. The zero-order chi connectivity index (χ0) is 15.0. The summed E-state index contributed by atoms with van der Waals surface area (Å²) in [5.41, 5.74) is 0.147. The van der Waals surface area contributed by atoms with Crippen LogP contribution in [0, 0.1) is 5.92 Å². The van der Waals surface area contributed by atoms with Crippen LogP contribution in [0.25, 0.3) is 0 Å². The van der Waals surface area contributed by atoms with E-state index in [4.69, 9.17) is 11.6 Å². The molecule has 1 heterocycles. The van der Waals surface area contributed by atoms with Crippen molar-refractivity contribution in [1.29, 1.82) is 0 Å². The van der Waals surface area contributed by atoms with Gasteiger partial charge < -0.3 is 15.0 Å². The summed E-state index contributed by atoms with van der Waals surface area (Å²) < 4.78 is 1.98. The molecule has 116 valence electrons. The highest BCUT2D eigenvalue weighted by molar-refractivity contribution is 6.31. The molecule has 2 atom stereocenters. The van der Waals surface area contributed by atoms with Gasteiger partial charge in [0.1, 0.15) is 5.69 Å². The topological polar surface area (TPSA) is 54.3 Å². The van der Waals surface area contributed by atoms with Crippen molar-refractivity contribution in [1.82, 2.24) is 9.88 Å². The van der Waals surface area contributed by atoms with Crippen molar-refractivity contribution >= 4 is 17.5 Å². The molecule has 2 fully saturated rings. The van der Waals surface area contributed by atoms with Crippen molar-refractivity contribution in [2.75, 3.05) is 6.61 Å². The van der Waals surface area contributed by atoms with Crippen LogP contribution < -0.4 is 5.32 Å². The van der Waals surface area contributed by atoms with Crippen molar-refractivity contribution in [2.45, 2.75) is 57.0 Å². The van der Waals surface area contributed by atoms with Crippen LogP contribution in [0.3, 0.4) is 0 Å². The summed E-state index contributed by atoms with van der Waals surface area (Å²) in [5.74, 6) is 0.418. The lowest BCUT2D eigenvalue weighted by atomic mass is 9.77. The molecule has 3 rings (SSSR count). The minimum absolute atomic E-state index is 0.000942. The molecule has 1 amide bonds. The van der Waals surface area contributed by atoms with E-state index in [9.17, 15) is 9.90 Å². The van der Waals surface area contributed by atoms with E-state index < -0.39 is 5.54 Å². The number of hydrogen-bond acceptors (Lipinski definition) is 2. The third-order valence-electron chi connectivity index (χ3n) is 4.76. The van der Waals surface area contributed by atoms with Crippen LogP contribution in [0.2, 0.25) is 5.02 Å². The van der Waals surface area contributed by atoms with Crippen LogP contribution in [0.5, 0.6) is 0 Å². The third kappa shape index (κ3) is 3.11. The van der Waals surface area contributed by atoms with E-state index >= 15 is 0 Å². The molecule has 0 aromatic carbocycles. The van der Waals surface area contributed by atoms with Crippen molar-refractivity contribution in [3.8, 4) is 0 Å². The quantitative estimate of drug-likeness (QED) is 0.897. The number of aromatic nitrogens is 1. The summed E-state index contributed by atoms with van der Waals surface area (Å²) in [6.45, 7) is 2.18. The third-order valence-corrected chi connectivity index (χ3v) is 4.97. The van der Waals surface area contributed by atoms with Crippen LogP contribution >= 0.6 is 11.6 Å². The predicted molar refractivity (Wildman–Crippen MR) is 82.6 cm³/mol. The van der Waals surface area contributed by atoms with E-state index in [0.29, 0.717) is 22.7 Å². The first-order chi connectivity index (χ1) is 10.0. The van der Waals surface area contributed by atoms with Gasteiger partial charge in [0.05, 0.1) is 17.2 Å². The Bertz CT molecular complexity index is 538. The second-order valence-electron chi connectivity index (χ2n) is 6.78. The van der Waals surface area contributed by atoms with Gasteiger partial charge in [-0.05, 0) is 37.7 Å². The molecular formula is C16H23ClN2O2. The van der Waals surface area contributed by atoms with Gasteiger partial charge in [-0.2, -0.15) is 0 Å². The molecule has 2 aliphatic carbocycles. The summed E-state index contributed by atoms with van der Waals surface area (Å²) in [7, 11) is 0. The number of amides is 1. The molecule has 4 nitrogen and oxygen atoms in total. The van der Waals surface area contributed by atoms with Crippen LogP contribution in [0.1, 0.15) is 62.0 Å². The zero-order valence-electron chi connectivity index (χ0n) is 12.4. The molecule has 2 N–H and O–H groups in total. The maximum atomic E-state index is 12.6. The lowest BCUT2D eigenvalue weighted by Gasteiger charge is -2.39. The Balaban J connectivity index is 1.78. The van der Waals surface area contributed by atoms with E-state index in [1.807, 2.05) is 10.8 Å². The molecule has 5 heteroatoms. The van der Waals surface area contributed by atoms with Crippen molar-refractivity contribution in [3.63, 3.8) is 0 Å². The van der Waals surface area contributed by atoms with Gasteiger partial charge in [0.2, 0.25) is 0 Å². The van der Waals surface area contributed by atoms with Crippen molar-refractivity contribution < 1.29 is 9.90 Å². The highest BCUT2D eigenvalue weighted by Gasteiger charge is 2.37. The molecule has 2 aliphatic rings. The minimum Gasteiger partial charge on any atom is -0.394 e. The maximum Gasteiger partial charge on any atom is 0.268 e. The fourth-order valence-electron chi connectivity index (χ4n) is 3.54. The first-order valence-electron chi connectivity index (χ1n) is 7.84. The lowest BCUT2D eigenvalue weighted by molar-refractivity contribution is 0.0689. The van der Waals surface area contributed by atoms with Crippen molar-refractivity contribution in [2.24, 2.45) is 5.92 Å². The van der Waals surface area contributed by atoms with Gasteiger partial charge in [-0.15, -0.1) is 0 Å². The van der Waals surface area contributed by atoms with E-state index in [2.05, 4.69) is 12.2 Å². The molecule has 0 bridgehead atoms. The molecule has 2 unspecified atom stereocenters. The normalized spacial score (nSPS) is 29.4. The van der Waals surface area contributed by atoms with Crippen LogP contribution in [-0.2, 0) is 0 Å². The van der Waals surface area contributed by atoms with Gasteiger partial charge in [-0.25, -0.2) is 0 Å². The smallest absolute Gasteiger partial charge is 0.268 e. The standard InChI is InChI=1S/C16H23ClN2O2/c1-11-3-2-6-16(8-11,10-20)18-15(21)14-7-12(17)9-19(14)13-4-5-13/h7,9,11,13,20H,2-6,8,10H2,1H3,(H,18,21). The van der Waals surface area contributed by atoms with Crippen molar-refractivity contribution in [3.05, 3.63) is 23.0 Å². The second kappa shape index (κ2) is 5.65. The van der Waals surface area contributed by atoms with Gasteiger partial charge >= 0.3 is 0 Å². The molecule has 1 aromatic heterocycles. The number of nitrogens with zero attached hydrogens (tertiary/aromatic N) is 1. The largest absolute Gasteiger partial charge is 0.394 e. The Morgan fingerprint density at radius 3 is 2.90 bits per heavy atom. The predicted octanol–water partition coefficient (Wildman–Crippen LogP) is 3.15. The fraction of sp³-hybridized carbons (Fsp3) is 0.688. The first-order valence-corrected chi connectivity index (χ1v) is 8.21.